The predicted molar refractivity (Wildman–Crippen MR) is 137 cm³/mol. The lowest BCUT2D eigenvalue weighted by atomic mass is 9.72. The van der Waals surface area contributed by atoms with Gasteiger partial charge in [0.15, 0.2) is 0 Å². The van der Waals surface area contributed by atoms with Gasteiger partial charge < -0.3 is 31.0 Å². The number of nitrogens with zero attached hydrogens (tertiary/aromatic N) is 1. The number of H-pyrrole nitrogens is 1. The SMILES string of the molecule is COc1cccc2[nH]c(C(=O)N3CC4(CCCCC4)CC3C(=O)N[C@@H](C[C@@H]3CCNC3=O)C(N)=O)cc12. The van der Waals surface area contributed by atoms with Gasteiger partial charge in [-0.2, -0.15) is 0 Å². The van der Waals surface area contributed by atoms with E-state index in [-0.39, 0.29) is 29.6 Å². The number of methoxy groups -OCH3 is 1. The summed E-state index contributed by atoms with van der Waals surface area (Å²) >= 11 is 0. The van der Waals surface area contributed by atoms with Crippen molar-refractivity contribution in [2.24, 2.45) is 17.1 Å². The molecule has 1 aromatic heterocycles. The van der Waals surface area contributed by atoms with E-state index in [1.165, 1.54) is 0 Å². The number of nitrogens with two attached hydrogens (primary N) is 1. The Morgan fingerprint density at radius 3 is 2.70 bits per heavy atom. The molecular weight excluding hydrogens is 474 g/mol. The summed E-state index contributed by atoms with van der Waals surface area (Å²) < 4.78 is 5.44. The van der Waals surface area contributed by atoms with Gasteiger partial charge in [0.25, 0.3) is 5.91 Å². The molecule has 37 heavy (non-hydrogen) atoms. The van der Waals surface area contributed by atoms with Crippen molar-refractivity contribution in [1.29, 1.82) is 0 Å². The predicted octanol–water partition coefficient (Wildman–Crippen LogP) is 1.84. The number of amides is 4. The molecule has 2 saturated heterocycles. The van der Waals surface area contributed by atoms with Crippen LogP contribution in [0.2, 0.25) is 0 Å². The largest absolute Gasteiger partial charge is 0.496 e. The Kier molecular flexibility index (Phi) is 6.83. The lowest BCUT2D eigenvalue weighted by Crippen LogP contribution is -2.53. The van der Waals surface area contributed by atoms with Gasteiger partial charge in [0, 0.05) is 29.9 Å². The average molecular weight is 510 g/mol. The van der Waals surface area contributed by atoms with Crippen LogP contribution in [0, 0.1) is 11.3 Å². The van der Waals surface area contributed by atoms with Crippen LogP contribution in [-0.4, -0.2) is 65.8 Å². The Morgan fingerprint density at radius 1 is 1.24 bits per heavy atom. The molecule has 3 aliphatic rings. The van der Waals surface area contributed by atoms with Crippen LogP contribution in [0.25, 0.3) is 10.9 Å². The normalized spacial score (nSPS) is 23.7. The minimum atomic E-state index is -0.974. The smallest absolute Gasteiger partial charge is 0.271 e. The van der Waals surface area contributed by atoms with Gasteiger partial charge in [-0.15, -0.1) is 0 Å². The van der Waals surface area contributed by atoms with E-state index in [0.717, 1.165) is 43.0 Å². The molecule has 10 heteroatoms. The summed E-state index contributed by atoms with van der Waals surface area (Å²) in [5, 5.41) is 6.34. The Balaban J connectivity index is 1.40. The van der Waals surface area contributed by atoms with Gasteiger partial charge in [0.1, 0.15) is 23.5 Å². The molecule has 4 amide bonds. The average Bonchev–Trinajstić information content (AvgIpc) is 3.60. The van der Waals surface area contributed by atoms with Crippen LogP contribution in [0.1, 0.15) is 61.9 Å². The molecule has 10 nitrogen and oxygen atoms in total. The summed E-state index contributed by atoms with van der Waals surface area (Å²) in [5.74, 6) is -1.18. The Bertz CT molecular complexity index is 1220. The number of aromatic nitrogens is 1. The summed E-state index contributed by atoms with van der Waals surface area (Å²) in [4.78, 5) is 56.6. The highest BCUT2D eigenvalue weighted by Crippen LogP contribution is 2.47. The molecule has 2 aromatic rings. The van der Waals surface area contributed by atoms with Crippen molar-refractivity contribution in [2.45, 2.75) is 63.5 Å². The van der Waals surface area contributed by atoms with Crippen molar-refractivity contribution in [3.63, 3.8) is 0 Å². The molecule has 1 unspecified atom stereocenters. The highest BCUT2D eigenvalue weighted by atomic mass is 16.5. The molecule has 0 radical (unpaired) electrons. The molecule has 3 heterocycles. The first-order valence-electron chi connectivity index (χ1n) is 13.1. The molecular formula is C27H35N5O5. The number of hydrogen-bond donors (Lipinski definition) is 4. The van der Waals surface area contributed by atoms with Crippen LogP contribution in [0.15, 0.2) is 24.3 Å². The van der Waals surface area contributed by atoms with E-state index in [4.69, 9.17) is 10.5 Å². The Hall–Kier alpha value is -3.56. The maximum Gasteiger partial charge on any atom is 0.271 e. The van der Waals surface area contributed by atoms with E-state index < -0.39 is 23.9 Å². The van der Waals surface area contributed by atoms with Gasteiger partial charge >= 0.3 is 0 Å². The second-order valence-electron chi connectivity index (χ2n) is 10.8. The monoisotopic (exact) mass is 509 g/mol. The van der Waals surface area contributed by atoms with Gasteiger partial charge in [0.2, 0.25) is 17.7 Å². The number of nitrogens with one attached hydrogen (secondary N) is 3. The number of ether oxygens (including phenoxy) is 1. The standard InChI is InChI=1S/C27H35N5O5/c1-37-22-7-5-6-18-17(22)13-20(30-18)26(36)32-15-27(9-3-2-4-10-27)14-21(32)25(35)31-19(23(28)33)12-16-8-11-29-24(16)34/h5-7,13,16,19,21,30H,2-4,8-12,14-15H2,1H3,(H2,28,33)(H,29,34)(H,31,35)/t16-,19-,21?/m0/s1. The van der Waals surface area contributed by atoms with Crippen LogP contribution in [0.4, 0.5) is 0 Å². The van der Waals surface area contributed by atoms with E-state index in [0.29, 0.717) is 37.4 Å². The molecule has 1 aromatic carbocycles. The first kappa shape index (κ1) is 25.1. The highest BCUT2D eigenvalue weighted by Gasteiger charge is 2.49. The van der Waals surface area contributed by atoms with Crippen molar-refractivity contribution in [3.05, 3.63) is 30.0 Å². The first-order valence-corrected chi connectivity index (χ1v) is 13.1. The molecule has 5 N–H and O–H groups in total. The molecule has 3 fully saturated rings. The van der Waals surface area contributed by atoms with E-state index in [1.807, 2.05) is 18.2 Å². The Morgan fingerprint density at radius 2 is 2.03 bits per heavy atom. The Labute approximate surface area is 215 Å². The first-order chi connectivity index (χ1) is 17.8. The number of benzene rings is 1. The van der Waals surface area contributed by atoms with Crippen molar-refractivity contribution >= 4 is 34.5 Å². The fourth-order valence-corrected chi connectivity index (χ4v) is 6.41. The van der Waals surface area contributed by atoms with Crippen molar-refractivity contribution in [2.75, 3.05) is 20.2 Å². The van der Waals surface area contributed by atoms with E-state index >= 15 is 0 Å². The number of carbonyl (C=O) groups excluding carboxylic acids is 4. The van der Waals surface area contributed by atoms with Crippen molar-refractivity contribution in [3.8, 4) is 5.75 Å². The third kappa shape index (κ3) is 4.89. The summed E-state index contributed by atoms with van der Waals surface area (Å²) in [7, 11) is 1.58. The van der Waals surface area contributed by atoms with Gasteiger partial charge in [-0.1, -0.05) is 25.3 Å². The molecule has 1 aliphatic carbocycles. The molecule has 198 valence electrons. The molecule has 3 atom stereocenters. The second-order valence-corrected chi connectivity index (χ2v) is 10.8. The number of carbonyl (C=O) groups is 4. The minimum Gasteiger partial charge on any atom is -0.496 e. The summed E-state index contributed by atoms with van der Waals surface area (Å²) in [5.41, 5.74) is 6.66. The maximum absolute atomic E-state index is 13.8. The number of rotatable bonds is 7. The van der Waals surface area contributed by atoms with Crippen molar-refractivity contribution < 1.29 is 23.9 Å². The number of hydrogen-bond acceptors (Lipinski definition) is 5. The molecule has 1 spiro atoms. The van der Waals surface area contributed by atoms with Gasteiger partial charge in [-0.25, -0.2) is 0 Å². The summed E-state index contributed by atoms with van der Waals surface area (Å²) in [6, 6.07) is 5.63. The lowest BCUT2D eigenvalue weighted by molar-refractivity contribution is -0.131. The fraction of sp³-hybridized carbons (Fsp3) is 0.556. The fourth-order valence-electron chi connectivity index (χ4n) is 6.41. The van der Waals surface area contributed by atoms with Crippen LogP contribution in [0.3, 0.4) is 0 Å². The van der Waals surface area contributed by atoms with E-state index in [2.05, 4.69) is 15.6 Å². The number of aromatic amines is 1. The third-order valence-electron chi connectivity index (χ3n) is 8.40. The quantitative estimate of drug-likeness (QED) is 0.450. The van der Waals surface area contributed by atoms with Crippen LogP contribution in [-0.2, 0) is 14.4 Å². The second kappa shape index (κ2) is 10.1. The minimum absolute atomic E-state index is 0.118. The van der Waals surface area contributed by atoms with E-state index in [9.17, 15) is 19.2 Å². The van der Waals surface area contributed by atoms with Crippen LogP contribution >= 0.6 is 0 Å². The zero-order valence-corrected chi connectivity index (χ0v) is 21.2. The van der Waals surface area contributed by atoms with Crippen LogP contribution in [0.5, 0.6) is 5.75 Å². The van der Waals surface area contributed by atoms with Gasteiger partial charge in [-0.05, 0) is 55.7 Å². The maximum atomic E-state index is 13.8. The molecule has 1 saturated carbocycles. The highest BCUT2D eigenvalue weighted by molar-refractivity contribution is 6.02. The third-order valence-corrected chi connectivity index (χ3v) is 8.40. The molecule has 5 rings (SSSR count). The van der Waals surface area contributed by atoms with Gasteiger partial charge in [-0.3, -0.25) is 19.2 Å². The van der Waals surface area contributed by atoms with Crippen molar-refractivity contribution in [1.82, 2.24) is 20.5 Å². The number of fused-ring (bicyclic) bond motifs is 1. The zero-order valence-electron chi connectivity index (χ0n) is 21.2. The van der Waals surface area contributed by atoms with Crippen LogP contribution < -0.4 is 21.1 Å². The van der Waals surface area contributed by atoms with Gasteiger partial charge in [0.05, 0.1) is 7.11 Å². The summed E-state index contributed by atoms with van der Waals surface area (Å²) in [6.45, 7) is 1.04. The number of likely N-dealkylation sites (tertiary alicyclic amines) is 1. The topological polar surface area (TPSA) is 147 Å². The summed E-state index contributed by atoms with van der Waals surface area (Å²) in [6.07, 6.45) is 6.51. The lowest BCUT2D eigenvalue weighted by Gasteiger charge is -2.32. The number of primary amides is 1. The van der Waals surface area contributed by atoms with E-state index in [1.54, 1.807) is 18.1 Å². The molecule has 0 bridgehead atoms. The molecule has 2 aliphatic heterocycles. The zero-order chi connectivity index (χ0) is 26.2.